The molecule has 0 radical (unpaired) electrons. The molecule has 1 aromatic rings. The van der Waals surface area contributed by atoms with Crippen molar-refractivity contribution in [1.82, 2.24) is 4.98 Å². The second-order valence-electron chi connectivity index (χ2n) is 4.98. The normalized spacial score (nSPS) is 26.9. The summed E-state index contributed by atoms with van der Waals surface area (Å²) in [5.74, 6) is 1.26. The predicted octanol–water partition coefficient (Wildman–Crippen LogP) is 1.31. The van der Waals surface area contributed by atoms with E-state index in [0.717, 1.165) is 30.9 Å². The van der Waals surface area contributed by atoms with Gasteiger partial charge in [-0.1, -0.05) is 13.0 Å². The number of rotatable bonds is 2. The van der Waals surface area contributed by atoms with Crippen molar-refractivity contribution >= 4 is 5.82 Å². The van der Waals surface area contributed by atoms with E-state index in [0.29, 0.717) is 0 Å². The molecule has 1 aromatic heterocycles. The minimum absolute atomic E-state index is 0.0131. The van der Waals surface area contributed by atoms with Gasteiger partial charge in [-0.2, -0.15) is 0 Å². The van der Waals surface area contributed by atoms with Gasteiger partial charge in [0.1, 0.15) is 5.82 Å². The number of anilines is 1. The smallest absolute Gasteiger partial charge is 0.133 e. The van der Waals surface area contributed by atoms with Crippen LogP contribution in [0.2, 0.25) is 0 Å². The molecule has 0 amide bonds. The molecule has 2 rings (SSSR count). The molecule has 4 nitrogen and oxygen atoms in total. The van der Waals surface area contributed by atoms with Gasteiger partial charge in [0.25, 0.3) is 0 Å². The van der Waals surface area contributed by atoms with Gasteiger partial charge in [0.05, 0.1) is 6.10 Å². The summed E-state index contributed by atoms with van der Waals surface area (Å²) >= 11 is 0. The minimum atomic E-state index is -0.186. The Morgan fingerprint density at radius 2 is 2.35 bits per heavy atom. The average Bonchev–Trinajstić information content (AvgIpc) is 2.32. The molecular formula is C13H21N3O. The van der Waals surface area contributed by atoms with Crippen molar-refractivity contribution in [2.24, 2.45) is 11.7 Å². The number of piperidine rings is 1. The van der Waals surface area contributed by atoms with Crippen molar-refractivity contribution in [1.29, 1.82) is 0 Å². The third-order valence-electron chi connectivity index (χ3n) is 3.47. The Morgan fingerprint density at radius 3 is 3.00 bits per heavy atom. The number of hydrogen-bond acceptors (Lipinski definition) is 4. The first kappa shape index (κ1) is 12.3. The number of aromatic nitrogens is 1. The number of pyridine rings is 1. The molecule has 1 aliphatic rings. The van der Waals surface area contributed by atoms with Crippen LogP contribution in [0.15, 0.2) is 18.3 Å². The molecule has 0 spiro atoms. The number of hydrogen-bond donors (Lipinski definition) is 2. The van der Waals surface area contributed by atoms with E-state index >= 15 is 0 Å². The second-order valence-corrected chi connectivity index (χ2v) is 4.98. The zero-order valence-electron chi connectivity index (χ0n) is 10.5. The molecule has 3 atom stereocenters. The Bertz CT molecular complexity index is 381. The van der Waals surface area contributed by atoms with Gasteiger partial charge in [-0.05, 0) is 25.3 Å². The van der Waals surface area contributed by atoms with Crippen molar-refractivity contribution in [2.75, 3.05) is 18.0 Å². The molecule has 0 aliphatic carbocycles. The fourth-order valence-electron chi connectivity index (χ4n) is 2.35. The maximum atomic E-state index is 9.75. The molecular weight excluding hydrogens is 214 g/mol. The maximum Gasteiger partial charge on any atom is 0.133 e. The third-order valence-corrected chi connectivity index (χ3v) is 3.47. The molecule has 3 N–H and O–H groups in total. The molecule has 2 heterocycles. The van der Waals surface area contributed by atoms with E-state index in [2.05, 4.69) is 16.8 Å². The zero-order chi connectivity index (χ0) is 12.4. The number of nitrogens with zero attached hydrogens (tertiary/aromatic N) is 2. The summed E-state index contributed by atoms with van der Waals surface area (Å²) in [4.78, 5) is 6.68. The summed E-state index contributed by atoms with van der Waals surface area (Å²) in [7, 11) is 0. The topological polar surface area (TPSA) is 62.4 Å². The molecule has 0 bridgehead atoms. The van der Waals surface area contributed by atoms with Crippen LogP contribution in [0.1, 0.15) is 31.9 Å². The van der Waals surface area contributed by atoms with Crippen molar-refractivity contribution in [3.05, 3.63) is 23.9 Å². The van der Waals surface area contributed by atoms with Crippen molar-refractivity contribution < 1.29 is 5.11 Å². The predicted molar refractivity (Wildman–Crippen MR) is 68.8 cm³/mol. The summed E-state index contributed by atoms with van der Waals surface area (Å²) in [6.07, 6.45) is 2.42. The van der Waals surface area contributed by atoms with E-state index < -0.39 is 0 Å². The van der Waals surface area contributed by atoms with Gasteiger partial charge < -0.3 is 15.7 Å². The lowest BCUT2D eigenvalue weighted by molar-refractivity contribution is 0.0968. The van der Waals surface area contributed by atoms with Crippen LogP contribution in [-0.2, 0) is 0 Å². The van der Waals surface area contributed by atoms with Crippen LogP contribution in [0.3, 0.4) is 0 Å². The number of aliphatic hydroxyl groups excluding tert-OH is 1. The molecule has 1 saturated heterocycles. The average molecular weight is 235 g/mol. The van der Waals surface area contributed by atoms with Gasteiger partial charge in [-0.15, -0.1) is 0 Å². The molecule has 0 saturated carbocycles. The zero-order valence-corrected chi connectivity index (χ0v) is 10.5. The molecule has 17 heavy (non-hydrogen) atoms. The summed E-state index contributed by atoms with van der Waals surface area (Å²) in [5, 5.41) is 9.75. The fourth-order valence-corrected chi connectivity index (χ4v) is 2.35. The first-order valence-electron chi connectivity index (χ1n) is 6.23. The van der Waals surface area contributed by atoms with E-state index in [1.165, 1.54) is 0 Å². The van der Waals surface area contributed by atoms with Crippen LogP contribution in [-0.4, -0.2) is 29.3 Å². The van der Waals surface area contributed by atoms with E-state index in [4.69, 9.17) is 5.73 Å². The standard InChI is InChI=1S/C13H21N3O/c1-9-8-16(7-5-12(9)17)13-11(10(2)14)4-3-6-15-13/h3-4,6,9-10,12,17H,5,7-8,14H2,1-2H3. The van der Waals surface area contributed by atoms with E-state index in [9.17, 15) is 5.11 Å². The number of nitrogens with two attached hydrogens (primary N) is 1. The monoisotopic (exact) mass is 235 g/mol. The molecule has 1 aliphatic heterocycles. The summed E-state index contributed by atoms with van der Waals surface area (Å²) in [6.45, 7) is 5.74. The summed E-state index contributed by atoms with van der Waals surface area (Å²) in [5.41, 5.74) is 7.05. The van der Waals surface area contributed by atoms with Crippen LogP contribution < -0.4 is 10.6 Å². The van der Waals surface area contributed by atoms with Crippen molar-refractivity contribution in [3.8, 4) is 0 Å². The molecule has 1 fully saturated rings. The van der Waals surface area contributed by atoms with Crippen LogP contribution in [0.5, 0.6) is 0 Å². The largest absolute Gasteiger partial charge is 0.393 e. The SMILES string of the molecule is CC(N)c1cccnc1N1CCC(O)C(C)C1. The van der Waals surface area contributed by atoms with Gasteiger partial charge in [0, 0.05) is 30.9 Å². The van der Waals surface area contributed by atoms with Gasteiger partial charge in [0.15, 0.2) is 0 Å². The molecule has 3 unspecified atom stereocenters. The van der Waals surface area contributed by atoms with Crippen molar-refractivity contribution in [3.63, 3.8) is 0 Å². The second kappa shape index (κ2) is 5.02. The van der Waals surface area contributed by atoms with E-state index in [1.54, 1.807) is 6.20 Å². The first-order chi connectivity index (χ1) is 8.09. The molecule has 94 valence electrons. The Morgan fingerprint density at radius 1 is 1.59 bits per heavy atom. The number of aliphatic hydroxyl groups is 1. The molecule has 0 aromatic carbocycles. The lowest BCUT2D eigenvalue weighted by Gasteiger charge is -2.36. The Hall–Kier alpha value is -1.13. The van der Waals surface area contributed by atoms with Gasteiger partial charge in [-0.3, -0.25) is 0 Å². The Balaban J connectivity index is 2.22. The highest BCUT2D eigenvalue weighted by Crippen LogP contribution is 2.27. The highest BCUT2D eigenvalue weighted by atomic mass is 16.3. The Labute approximate surface area is 102 Å². The van der Waals surface area contributed by atoms with Crippen LogP contribution in [0, 0.1) is 5.92 Å². The maximum absolute atomic E-state index is 9.75. The minimum Gasteiger partial charge on any atom is -0.393 e. The van der Waals surface area contributed by atoms with E-state index in [1.807, 2.05) is 19.1 Å². The quantitative estimate of drug-likeness (QED) is 0.811. The Kier molecular flexibility index (Phi) is 3.64. The van der Waals surface area contributed by atoms with Crippen LogP contribution in [0.25, 0.3) is 0 Å². The summed E-state index contributed by atoms with van der Waals surface area (Å²) < 4.78 is 0. The highest BCUT2D eigenvalue weighted by Gasteiger charge is 2.26. The third kappa shape index (κ3) is 2.58. The lowest BCUT2D eigenvalue weighted by Crippen LogP contribution is -2.42. The van der Waals surface area contributed by atoms with Crippen LogP contribution >= 0.6 is 0 Å². The molecule has 4 heteroatoms. The lowest BCUT2D eigenvalue weighted by atomic mass is 9.96. The summed E-state index contributed by atoms with van der Waals surface area (Å²) in [6, 6.07) is 3.94. The van der Waals surface area contributed by atoms with Gasteiger partial charge in [-0.25, -0.2) is 4.98 Å². The van der Waals surface area contributed by atoms with Gasteiger partial charge in [0.2, 0.25) is 0 Å². The fraction of sp³-hybridized carbons (Fsp3) is 0.615. The van der Waals surface area contributed by atoms with E-state index in [-0.39, 0.29) is 18.1 Å². The highest BCUT2D eigenvalue weighted by molar-refractivity contribution is 5.48. The van der Waals surface area contributed by atoms with Crippen LogP contribution in [0.4, 0.5) is 5.82 Å². The van der Waals surface area contributed by atoms with Crippen molar-refractivity contribution in [2.45, 2.75) is 32.4 Å². The first-order valence-corrected chi connectivity index (χ1v) is 6.23. The van der Waals surface area contributed by atoms with Gasteiger partial charge >= 0.3 is 0 Å².